The Bertz CT molecular complexity index is 331. The molecule has 0 aliphatic carbocycles. The van der Waals surface area contributed by atoms with Crippen LogP contribution < -0.4 is 5.73 Å². The van der Waals surface area contributed by atoms with Gasteiger partial charge in [-0.05, 0) is 51.4 Å². The maximum absolute atomic E-state index is 6.14. The summed E-state index contributed by atoms with van der Waals surface area (Å²) in [4.78, 5) is 2.25. The Labute approximate surface area is 152 Å². The molecule has 0 aromatic carbocycles. The molecule has 0 aliphatic rings. The molecule has 0 aromatic heterocycles. The highest BCUT2D eigenvalue weighted by atomic mass is 15.1. The first-order chi connectivity index (χ1) is 11.4. The summed E-state index contributed by atoms with van der Waals surface area (Å²) < 4.78 is 0. The monoisotopic (exact) mass is 336 g/mol. The lowest BCUT2D eigenvalue weighted by Gasteiger charge is -2.16. The van der Waals surface area contributed by atoms with E-state index in [-0.39, 0.29) is 0 Å². The van der Waals surface area contributed by atoms with E-state index in [4.69, 9.17) is 5.73 Å². The lowest BCUT2D eigenvalue weighted by molar-refractivity contribution is 0.409. The Morgan fingerprint density at radius 2 is 1.42 bits per heavy atom. The van der Waals surface area contributed by atoms with Gasteiger partial charge in [-0.2, -0.15) is 0 Å². The van der Waals surface area contributed by atoms with Gasteiger partial charge in [-0.15, -0.1) is 6.58 Å². The first-order valence-corrected chi connectivity index (χ1v) is 10.2. The van der Waals surface area contributed by atoms with E-state index in [1.54, 1.807) is 0 Å². The third kappa shape index (κ3) is 17.4. The van der Waals surface area contributed by atoms with Crippen molar-refractivity contribution in [2.24, 2.45) is 11.7 Å². The first kappa shape index (κ1) is 23.1. The van der Waals surface area contributed by atoms with Crippen molar-refractivity contribution in [2.45, 2.75) is 97.8 Å². The average Bonchev–Trinajstić information content (AvgIpc) is 2.48. The molecule has 0 fully saturated rings. The molecule has 0 bridgehead atoms. The summed E-state index contributed by atoms with van der Waals surface area (Å²) in [5.41, 5.74) is 8.51. The minimum absolute atomic E-state index is 0.797. The Morgan fingerprint density at radius 3 is 1.92 bits per heavy atom. The number of nitrogens with two attached hydrogens (primary N) is 1. The molecular weight excluding hydrogens is 292 g/mol. The van der Waals surface area contributed by atoms with Gasteiger partial charge in [0.15, 0.2) is 0 Å². The third-order valence-corrected chi connectivity index (χ3v) is 4.50. The van der Waals surface area contributed by atoms with Crippen LogP contribution in [0, 0.1) is 5.92 Å². The highest BCUT2D eigenvalue weighted by molar-refractivity contribution is 4.95. The molecule has 142 valence electrons. The van der Waals surface area contributed by atoms with Gasteiger partial charge in [0.25, 0.3) is 0 Å². The highest BCUT2D eigenvalue weighted by Gasteiger charge is 1.99. The predicted octanol–water partition coefficient (Wildman–Crippen LogP) is 6.63. The molecule has 0 saturated carbocycles. The number of allylic oxidation sites excluding steroid dienone is 2. The number of rotatable bonds is 16. The van der Waals surface area contributed by atoms with E-state index in [1.165, 1.54) is 76.2 Å². The second-order valence-electron chi connectivity index (χ2n) is 8.01. The van der Waals surface area contributed by atoms with E-state index in [0.29, 0.717) is 0 Å². The molecule has 0 radical (unpaired) electrons. The summed E-state index contributed by atoms with van der Waals surface area (Å²) in [6.07, 6.45) is 17.7. The normalized spacial score (nSPS) is 12.0. The SMILES string of the molecule is C=C(C)CCCCCCCCCC/C(N)=C/N(C)CCCC(C)C. The van der Waals surface area contributed by atoms with Crippen LogP contribution >= 0.6 is 0 Å². The fraction of sp³-hybridized carbons (Fsp3) is 0.818. The van der Waals surface area contributed by atoms with E-state index in [2.05, 4.69) is 45.5 Å². The van der Waals surface area contributed by atoms with E-state index >= 15 is 0 Å². The summed E-state index contributed by atoms with van der Waals surface area (Å²) in [6.45, 7) is 11.8. The van der Waals surface area contributed by atoms with Crippen molar-refractivity contribution in [3.05, 3.63) is 24.0 Å². The largest absolute Gasteiger partial charge is 0.401 e. The van der Waals surface area contributed by atoms with Crippen LogP contribution in [0.5, 0.6) is 0 Å². The molecule has 0 amide bonds. The van der Waals surface area contributed by atoms with Gasteiger partial charge < -0.3 is 10.6 Å². The quantitative estimate of drug-likeness (QED) is 0.253. The maximum Gasteiger partial charge on any atom is 0.0242 e. The molecule has 0 rings (SSSR count). The van der Waals surface area contributed by atoms with Crippen LogP contribution in [0.15, 0.2) is 24.0 Å². The second kappa shape index (κ2) is 15.6. The van der Waals surface area contributed by atoms with Crippen LogP contribution in [-0.4, -0.2) is 18.5 Å². The summed E-state index contributed by atoms with van der Waals surface area (Å²) in [7, 11) is 2.14. The van der Waals surface area contributed by atoms with Gasteiger partial charge in [-0.1, -0.05) is 57.9 Å². The molecule has 2 N–H and O–H groups in total. The lowest BCUT2D eigenvalue weighted by atomic mass is 10.0. The van der Waals surface area contributed by atoms with Crippen LogP contribution in [-0.2, 0) is 0 Å². The molecule has 24 heavy (non-hydrogen) atoms. The fourth-order valence-corrected chi connectivity index (χ4v) is 2.98. The molecule has 0 heterocycles. The van der Waals surface area contributed by atoms with Crippen molar-refractivity contribution < 1.29 is 0 Å². The Hall–Kier alpha value is -0.920. The van der Waals surface area contributed by atoms with E-state index in [9.17, 15) is 0 Å². The van der Waals surface area contributed by atoms with E-state index in [1.807, 2.05) is 0 Å². The summed E-state index contributed by atoms with van der Waals surface area (Å²) in [5.74, 6) is 0.797. The fourth-order valence-electron chi connectivity index (χ4n) is 2.98. The van der Waals surface area contributed by atoms with Crippen molar-refractivity contribution >= 4 is 0 Å². The molecule has 2 nitrogen and oxygen atoms in total. The van der Waals surface area contributed by atoms with Gasteiger partial charge in [-0.25, -0.2) is 0 Å². The minimum atomic E-state index is 0.797. The molecule has 2 heteroatoms. The molecule has 0 aromatic rings. The standard InChI is InChI=1S/C22H44N2/c1-20(2)15-12-10-8-6-7-9-11-13-17-22(23)19-24(5)18-14-16-21(3)4/h19,21H,1,6-18,23H2,2-5H3/b22-19-. The van der Waals surface area contributed by atoms with Crippen molar-refractivity contribution in [1.29, 1.82) is 0 Å². The van der Waals surface area contributed by atoms with Crippen LogP contribution in [0.25, 0.3) is 0 Å². The maximum atomic E-state index is 6.14. The number of hydrogen-bond acceptors (Lipinski definition) is 2. The smallest absolute Gasteiger partial charge is 0.0242 e. The third-order valence-electron chi connectivity index (χ3n) is 4.50. The zero-order valence-corrected chi connectivity index (χ0v) is 17.1. The molecule has 0 aliphatic heterocycles. The van der Waals surface area contributed by atoms with Crippen molar-refractivity contribution in [2.75, 3.05) is 13.6 Å². The highest BCUT2D eigenvalue weighted by Crippen LogP contribution is 2.13. The molecular formula is C22H44N2. The summed E-state index contributed by atoms with van der Waals surface area (Å²) in [6, 6.07) is 0. The lowest BCUT2D eigenvalue weighted by Crippen LogP contribution is -2.15. The van der Waals surface area contributed by atoms with E-state index < -0.39 is 0 Å². The number of unbranched alkanes of at least 4 members (excludes halogenated alkanes) is 7. The van der Waals surface area contributed by atoms with Gasteiger partial charge >= 0.3 is 0 Å². The van der Waals surface area contributed by atoms with Crippen LogP contribution in [0.2, 0.25) is 0 Å². The van der Waals surface area contributed by atoms with Crippen molar-refractivity contribution in [3.63, 3.8) is 0 Å². The molecule has 0 unspecified atom stereocenters. The molecule has 0 saturated heterocycles. The Kier molecular flexibility index (Phi) is 15.0. The van der Waals surface area contributed by atoms with Crippen molar-refractivity contribution in [1.82, 2.24) is 4.90 Å². The van der Waals surface area contributed by atoms with Crippen LogP contribution in [0.4, 0.5) is 0 Å². The predicted molar refractivity (Wildman–Crippen MR) is 110 cm³/mol. The summed E-state index contributed by atoms with van der Waals surface area (Å²) >= 11 is 0. The summed E-state index contributed by atoms with van der Waals surface area (Å²) in [5, 5.41) is 0. The van der Waals surface area contributed by atoms with Gasteiger partial charge in [0.1, 0.15) is 0 Å². The Morgan fingerprint density at radius 1 is 0.917 bits per heavy atom. The number of nitrogens with zero attached hydrogens (tertiary/aromatic N) is 1. The van der Waals surface area contributed by atoms with Crippen LogP contribution in [0.1, 0.15) is 97.8 Å². The average molecular weight is 337 g/mol. The van der Waals surface area contributed by atoms with E-state index in [0.717, 1.165) is 24.6 Å². The molecule has 0 spiro atoms. The second-order valence-corrected chi connectivity index (χ2v) is 8.01. The van der Waals surface area contributed by atoms with Crippen molar-refractivity contribution in [3.8, 4) is 0 Å². The van der Waals surface area contributed by atoms with Gasteiger partial charge in [0.05, 0.1) is 0 Å². The van der Waals surface area contributed by atoms with Gasteiger partial charge in [0, 0.05) is 25.5 Å². The first-order valence-electron chi connectivity index (χ1n) is 10.2. The molecule has 0 atom stereocenters. The zero-order valence-electron chi connectivity index (χ0n) is 17.1. The van der Waals surface area contributed by atoms with Gasteiger partial charge in [0.2, 0.25) is 0 Å². The minimum Gasteiger partial charge on any atom is -0.401 e. The Balaban J connectivity index is 3.45. The number of hydrogen-bond donors (Lipinski definition) is 1. The zero-order chi connectivity index (χ0) is 18.2. The van der Waals surface area contributed by atoms with Gasteiger partial charge in [-0.3, -0.25) is 0 Å². The topological polar surface area (TPSA) is 29.3 Å². The van der Waals surface area contributed by atoms with Crippen LogP contribution in [0.3, 0.4) is 0 Å².